The third kappa shape index (κ3) is 4.83. The Balaban J connectivity index is 2.63. The molecule has 0 heterocycles. The Hall–Kier alpha value is -2.30. The second kappa shape index (κ2) is 7.20. The van der Waals surface area contributed by atoms with Crippen LogP contribution in [0.4, 0.5) is 0 Å². The third-order valence-corrected chi connectivity index (χ3v) is 2.57. The Kier molecular flexibility index (Phi) is 5.60. The number of rotatable bonds is 6. The molecule has 0 saturated heterocycles. The monoisotopic (exact) mass is 263 g/mol. The molecule has 0 unspecified atom stereocenters. The molecular formula is C14H17NO4. The van der Waals surface area contributed by atoms with Gasteiger partial charge in [0.05, 0.1) is 7.11 Å². The molecule has 0 radical (unpaired) electrons. The van der Waals surface area contributed by atoms with Crippen molar-refractivity contribution in [3.8, 4) is 5.75 Å². The number of ether oxygens (including phenoxy) is 1. The second-order valence-electron chi connectivity index (χ2n) is 3.89. The van der Waals surface area contributed by atoms with Gasteiger partial charge in [0, 0.05) is 18.7 Å². The zero-order valence-electron chi connectivity index (χ0n) is 11.0. The lowest BCUT2D eigenvalue weighted by atomic mass is 10.1. The van der Waals surface area contributed by atoms with Gasteiger partial charge in [-0.05, 0) is 23.6 Å². The highest BCUT2D eigenvalue weighted by Gasteiger charge is 2.03. The fourth-order valence-corrected chi connectivity index (χ4v) is 1.61. The summed E-state index contributed by atoms with van der Waals surface area (Å²) in [5, 5.41) is 11.0. The van der Waals surface area contributed by atoms with Crippen LogP contribution in [0.1, 0.15) is 18.1 Å². The SMILES string of the molecule is CCc1cc(CNC(=O)/C=C/C(=O)O)ccc1OC. The van der Waals surface area contributed by atoms with Crippen molar-refractivity contribution in [2.24, 2.45) is 0 Å². The summed E-state index contributed by atoms with van der Waals surface area (Å²) in [4.78, 5) is 21.6. The molecule has 0 aliphatic heterocycles. The van der Waals surface area contributed by atoms with Crippen LogP contribution in [0.5, 0.6) is 5.75 Å². The Morgan fingerprint density at radius 2 is 2.11 bits per heavy atom. The second-order valence-corrected chi connectivity index (χ2v) is 3.89. The molecule has 1 aromatic rings. The first-order valence-electron chi connectivity index (χ1n) is 5.91. The van der Waals surface area contributed by atoms with E-state index in [1.54, 1.807) is 7.11 Å². The highest BCUT2D eigenvalue weighted by Crippen LogP contribution is 2.20. The molecule has 102 valence electrons. The Morgan fingerprint density at radius 1 is 1.37 bits per heavy atom. The number of carbonyl (C=O) groups excluding carboxylic acids is 1. The number of nitrogens with one attached hydrogen (secondary N) is 1. The number of hydrogen-bond acceptors (Lipinski definition) is 3. The average Bonchev–Trinajstić information content (AvgIpc) is 2.42. The van der Waals surface area contributed by atoms with Crippen LogP contribution in [-0.2, 0) is 22.6 Å². The maximum absolute atomic E-state index is 11.3. The number of carbonyl (C=O) groups is 2. The normalized spacial score (nSPS) is 10.4. The topological polar surface area (TPSA) is 75.6 Å². The van der Waals surface area contributed by atoms with E-state index in [0.717, 1.165) is 35.4 Å². The van der Waals surface area contributed by atoms with Crippen molar-refractivity contribution < 1.29 is 19.4 Å². The van der Waals surface area contributed by atoms with Crippen LogP contribution in [0.2, 0.25) is 0 Å². The molecule has 0 aliphatic rings. The first-order valence-corrected chi connectivity index (χ1v) is 5.91. The third-order valence-electron chi connectivity index (χ3n) is 2.57. The van der Waals surface area contributed by atoms with Crippen molar-refractivity contribution in [3.63, 3.8) is 0 Å². The summed E-state index contributed by atoms with van der Waals surface area (Å²) >= 11 is 0. The molecule has 1 rings (SSSR count). The number of carboxylic acid groups (broad SMARTS) is 1. The first-order chi connectivity index (χ1) is 9.06. The quantitative estimate of drug-likeness (QED) is 0.763. The molecule has 0 aromatic heterocycles. The number of aliphatic carboxylic acids is 1. The Bertz CT molecular complexity index is 494. The molecule has 2 N–H and O–H groups in total. The summed E-state index contributed by atoms with van der Waals surface area (Å²) in [5.74, 6) is -0.757. The highest BCUT2D eigenvalue weighted by atomic mass is 16.5. The van der Waals surface area contributed by atoms with E-state index in [1.165, 1.54) is 0 Å². The molecule has 0 atom stereocenters. The number of methoxy groups -OCH3 is 1. The van der Waals surface area contributed by atoms with Crippen molar-refractivity contribution >= 4 is 11.9 Å². The molecular weight excluding hydrogens is 246 g/mol. The zero-order valence-corrected chi connectivity index (χ0v) is 11.0. The number of benzene rings is 1. The molecule has 0 bridgehead atoms. The van der Waals surface area contributed by atoms with Crippen LogP contribution >= 0.6 is 0 Å². The van der Waals surface area contributed by atoms with Gasteiger partial charge in [-0.15, -0.1) is 0 Å². The zero-order chi connectivity index (χ0) is 14.3. The molecule has 0 fully saturated rings. The predicted molar refractivity (Wildman–Crippen MR) is 71.0 cm³/mol. The maximum Gasteiger partial charge on any atom is 0.328 e. The first kappa shape index (κ1) is 14.8. The fraction of sp³-hybridized carbons (Fsp3) is 0.286. The van der Waals surface area contributed by atoms with E-state index in [9.17, 15) is 9.59 Å². The van der Waals surface area contributed by atoms with E-state index < -0.39 is 11.9 Å². The van der Waals surface area contributed by atoms with Gasteiger partial charge in [-0.3, -0.25) is 4.79 Å². The fourth-order valence-electron chi connectivity index (χ4n) is 1.61. The van der Waals surface area contributed by atoms with Gasteiger partial charge in [-0.1, -0.05) is 19.1 Å². The molecule has 19 heavy (non-hydrogen) atoms. The maximum atomic E-state index is 11.3. The lowest BCUT2D eigenvalue weighted by Gasteiger charge is -2.09. The van der Waals surface area contributed by atoms with Gasteiger partial charge in [0.1, 0.15) is 5.75 Å². The number of aryl methyl sites for hydroxylation is 1. The van der Waals surface area contributed by atoms with Gasteiger partial charge in [0.2, 0.25) is 5.91 Å². The summed E-state index contributed by atoms with van der Waals surface area (Å²) in [6.07, 6.45) is 2.64. The van der Waals surface area contributed by atoms with Gasteiger partial charge in [0.15, 0.2) is 0 Å². The molecule has 5 heteroatoms. The highest BCUT2D eigenvalue weighted by molar-refractivity contribution is 5.93. The smallest absolute Gasteiger partial charge is 0.328 e. The van der Waals surface area contributed by atoms with Crippen molar-refractivity contribution in [1.82, 2.24) is 5.32 Å². The van der Waals surface area contributed by atoms with E-state index in [0.29, 0.717) is 6.54 Å². The van der Waals surface area contributed by atoms with Crippen LogP contribution in [0, 0.1) is 0 Å². The van der Waals surface area contributed by atoms with Crippen molar-refractivity contribution in [3.05, 3.63) is 41.5 Å². The van der Waals surface area contributed by atoms with Gasteiger partial charge in [-0.25, -0.2) is 4.79 Å². The standard InChI is InChI=1S/C14H17NO4/c1-3-11-8-10(4-5-12(11)19-2)9-15-13(16)6-7-14(17)18/h4-8H,3,9H2,1-2H3,(H,15,16)(H,17,18)/b7-6+. The predicted octanol–water partition coefficient (Wildman–Crippen LogP) is 1.51. The molecule has 0 saturated carbocycles. The van der Waals surface area contributed by atoms with E-state index in [-0.39, 0.29) is 0 Å². The molecule has 1 aromatic carbocycles. The minimum Gasteiger partial charge on any atom is -0.496 e. The van der Waals surface area contributed by atoms with Crippen LogP contribution < -0.4 is 10.1 Å². The van der Waals surface area contributed by atoms with E-state index >= 15 is 0 Å². The molecule has 0 spiro atoms. The van der Waals surface area contributed by atoms with Gasteiger partial charge < -0.3 is 15.2 Å². The van der Waals surface area contributed by atoms with Gasteiger partial charge in [-0.2, -0.15) is 0 Å². The van der Waals surface area contributed by atoms with E-state index in [4.69, 9.17) is 9.84 Å². The number of carboxylic acids is 1. The number of amides is 1. The number of hydrogen-bond donors (Lipinski definition) is 2. The summed E-state index contributed by atoms with van der Waals surface area (Å²) in [6.45, 7) is 2.37. The van der Waals surface area contributed by atoms with Crippen molar-refractivity contribution in [1.29, 1.82) is 0 Å². The van der Waals surface area contributed by atoms with Crippen molar-refractivity contribution in [2.75, 3.05) is 7.11 Å². The summed E-state index contributed by atoms with van der Waals surface area (Å²) in [5.41, 5.74) is 2.00. The summed E-state index contributed by atoms with van der Waals surface area (Å²) in [7, 11) is 1.62. The average molecular weight is 263 g/mol. The Labute approximate surface area is 111 Å². The molecule has 0 aliphatic carbocycles. The van der Waals surface area contributed by atoms with Gasteiger partial charge in [0.25, 0.3) is 0 Å². The van der Waals surface area contributed by atoms with E-state index in [2.05, 4.69) is 5.32 Å². The minimum absolute atomic E-state index is 0.347. The summed E-state index contributed by atoms with van der Waals surface area (Å²) < 4.78 is 5.22. The summed E-state index contributed by atoms with van der Waals surface area (Å²) in [6, 6.07) is 5.67. The molecule has 1 amide bonds. The van der Waals surface area contributed by atoms with Crippen LogP contribution in [0.25, 0.3) is 0 Å². The minimum atomic E-state index is -1.15. The van der Waals surface area contributed by atoms with Crippen LogP contribution in [-0.4, -0.2) is 24.1 Å². The van der Waals surface area contributed by atoms with Crippen LogP contribution in [0.3, 0.4) is 0 Å². The van der Waals surface area contributed by atoms with Crippen molar-refractivity contribution in [2.45, 2.75) is 19.9 Å². The van der Waals surface area contributed by atoms with Gasteiger partial charge >= 0.3 is 5.97 Å². The van der Waals surface area contributed by atoms with Crippen LogP contribution in [0.15, 0.2) is 30.4 Å². The lowest BCUT2D eigenvalue weighted by Crippen LogP contribution is -2.20. The Morgan fingerprint density at radius 3 is 2.68 bits per heavy atom. The lowest BCUT2D eigenvalue weighted by molar-refractivity contribution is -0.131. The molecule has 5 nitrogen and oxygen atoms in total. The van der Waals surface area contributed by atoms with E-state index in [1.807, 2.05) is 25.1 Å². The largest absolute Gasteiger partial charge is 0.496 e.